The van der Waals surface area contributed by atoms with Gasteiger partial charge in [0.1, 0.15) is 0 Å². The Balaban J connectivity index is 1.92. The van der Waals surface area contributed by atoms with Gasteiger partial charge in [0.2, 0.25) is 0 Å². The van der Waals surface area contributed by atoms with Crippen molar-refractivity contribution in [1.82, 2.24) is 5.43 Å². The number of hydrogen-bond donors (Lipinski definition) is 2. The Morgan fingerprint density at radius 1 is 1.12 bits per heavy atom. The van der Waals surface area contributed by atoms with Crippen LogP contribution in [0.5, 0.6) is 0 Å². The number of nitrogens with one attached hydrogen (secondary N) is 1. The molecular formula is C15H30N2. The highest BCUT2D eigenvalue weighted by atomic mass is 15.2. The molecule has 0 heterocycles. The Morgan fingerprint density at radius 3 is 2.47 bits per heavy atom. The summed E-state index contributed by atoms with van der Waals surface area (Å²) in [5.74, 6) is 9.43. The zero-order valence-electron chi connectivity index (χ0n) is 11.6. The van der Waals surface area contributed by atoms with Gasteiger partial charge in [0.25, 0.3) is 0 Å². The van der Waals surface area contributed by atoms with Crippen molar-refractivity contribution in [3.05, 3.63) is 0 Å². The minimum Gasteiger partial charge on any atom is -0.271 e. The van der Waals surface area contributed by atoms with Gasteiger partial charge in [0.05, 0.1) is 0 Å². The van der Waals surface area contributed by atoms with Crippen LogP contribution in [0.4, 0.5) is 0 Å². The van der Waals surface area contributed by atoms with Crippen LogP contribution in [0.15, 0.2) is 0 Å². The van der Waals surface area contributed by atoms with E-state index in [2.05, 4.69) is 19.3 Å². The first-order valence-electron chi connectivity index (χ1n) is 7.70. The Hall–Kier alpha value is -0.0800. The number of rotatable bonds is 4. The van der Waals surface area contributed by atoms with Crippen LogP contribution in [0.25, 0.3) is 0 Å². The lowest BCUT2D eigenvalue weighted by atomic mass is 9.73. The molecule has 2 rings (SSSR count). The summed E-state index contributed by atoms with van der Waals surface area (Å²) in [6.45, 7) is 4.73. The van der Waals surface area contributed by atoms with E-state index < -0.39 is 0 Å². The summed E-state index contributed by atoms with van der Waals surface area (Å²) in [5.41, 5.74) is 3.18. The van der Waals surface area contributed by atoms with Crippen LogP contribution in [0.3, 0.4) is 0 Å². The SMILES string of the molecule is CCC1CCCC(C(NN)C2CCC(C)C2)C1. The summed E-state index contributed by atoms with van der Waals surface area (Å²) in [6.07, 6.45) is 11.2. The third-order valence-electron chi connectivity index (χ3n) is 5.34. The highest BCUT2D eigenvalue weighted by Gasteiger charge is 2.35. The fraction of sp³-hybridized carbons (Fsp3) is 1.00. The molecule has 100 valence electrons. The van der Waals surface area contributed by atoms with Crippen molar-refractivity contribution >= 4 is 0 Å². The van der Waals surface area contributed by atoms with Gasteiger partial charge in [-0.05, 0) is 49.4 Å². The molecule has 5 atom stereocenters. The standard InChI is InChI=1S/C15H30N2/c1-3-12-5-4-6-13(10-12)15(17-16)14-8-7-11(2)9-14/h11-15,17H,3-10,16H2,1-2H3. The molecule has 2 fully saturated rings. The lowest BCUT2D eigenvalue weighted by molar-refractivity contribution is 0.167. The van der Waals surface area contributed by atoms with Crippen LogP contribution in [-0.4, -0.2) is 6.04 Å². The van der Waals surface area contributed by atoms with E-state index in [1.54, 1.807) is 0 Å². The summed E-state index contributed by atoms with van der Waals surface area (Å²) < 4.78 is 0. The zero-order chi connectivity index (χ0) is 12.3. The van der Waals surface area contributed by atoms with Crippen LogP contribution in [-0.2, 0) is 0 Å². The summed E-state index contributed by atoms with van der Waals surface area (Å²) in [4.78, 5) is 0. The first-order chi connectivity index (χ1) is 8.24. The average Bonchev–Trinajstić information content (AvgIpc) is 2.77. The molecule has 17 heavy (non-hydrogen) atoms. The summed E-state index contributed by atoms with van der Waals surface area (Å²) in [5, 5.41) is 0. The van der Waals surface area contributed by atoms with Gasteiger partial charge >= 0.3 is 0 Å². The Kier molecular flexibility index (Phi) is 4.87. The van der Waals surface area contributed by atoms with Gasteiger partial charge in [0.15, 0.2) is 0 Å². The van der Waals surface area contributed by atoms with E-state index in [4.69, 9.17) is 5.84 Å². The maximum Gasteiger partial charge on any atom is 0.0267 e. The first-order valence-corrected chi connectivity index (χ1v) is 7.70. The van der Waals surface area contributed by atoms with Crippen molar-refractivity contribution < 1.29 is 0 Å². The molecule has 0 saturated heterocycles. The van der Waals surface area contributed by atoms with E-state index in [0.29, 0.717) is 6.04 Å². The zero-order valence-corrected chi connectivity index (χ0v) is 11.6. The van der Waals surface area contributed by atoms with E-state index in [1.165, 1.54) is 51.4 Å². The summed E-state index contributed by atoms with van der Waals surface area (Å²) in [7, 11) is 0. The molecule has 2 heteroatoms. The van der Waals surface area contributed by atoms with Gasteiger partial charge in [-0.25, -0.2) is 0 Å². The van der Waals surface area contributed by atoms with Gasteiger partial charge in [0, 0.05) is 6.04 Å². The average molecular weight is 238 g/mol. The predicted molar refractivity (Wildman–Crippen MR) is 73.4 cm³/mol. The Labute approximate surface area is 107 Å². The number of hydrogen-bond acceptors (Lipinski definition) is 2. The van der Waals surface area contributed by atoms with Crippen molar-refractivity contribution in [3.8, 4) is 0 Å². The van der Waals surface area contributed by atoms with Gasteiger partial charge in [-0.15, -0.1) is 0 Å². The highest BCUT2D eigenvalue weighted by Crippen LogP contribution is 2.40. The number of hydrazine groups is 1. The predicted octanol–water partition coefficient (Wildman–Crippen LogP) is 3.47. The maximum atomic E-state index is 5.87. The van der Waals surface area contributed by atoms with E-state index in [0.717, 1.165) is 23.7 Å². The topological polar surface area (TPSA) is 38.0 Å². The second-order valence-electron chi connectivity index (χ2n) is 6.57. The van der Waals surface area contributed by atoms with Crippen LogP contribution >= 0.6 is 0 Å². The molecule has 5 unspecified atom stereocenters. The molecule has 0 aromatic carbocycles. The van der Waals surface area contributed by atoms with Gasteiger partial charge < -0.3 is 0 Å². The molecule has 2 aliphatic carbocycles. The van der Waals surface area contributed by atoms with Crippen molar-refractivity contribution in [2.75, 3.05) is 0 Å². The van der Waals surface area contributed by atoms with Crippen molar-refractivity contribution in [2.45, 2.75) is 71.3 Å². The molecular weight excluding hydrogens is 208 g/mol. The van der Waals surface area contributed by atoms with Crippen LogP contribution in [0, 0.1) is 23.7 Å². The molecule has 0 spiro atoms. The third kappa shape index (κ3) is 3.23. The van der Waals surface area contributed by atoms with Crippen LogP contribution in [0.1, 0.15) is 65.2 Å². The van der Waals surface area contributed by atoms with Gasteiger partial charge in [-0.2, -0.15) is 0 Å². The van der Waals surface area contributed by atoms with E-state index in [1.807, 2.05) is 0 Å². The molecule has 0 bridgehead atoms. The fourth-order valence-electron chi connectivity index (χ4n) is 4.26. The van der Waals surface area contributed by atoms with Crippen molar-refractivity contribution in [2.24, 2.45) is 29.5 Å². The van der Waals surface area contributed by atoms with Crippen molar-refractivity contribution in [3.63, 3.8) is 0 Å². The fourth-order valence-corrected chi connectivity index (χ4v) is 4.26. The lowest BCUT2D eigenvalue weighted by Crippen LogP contribution is -2.46. The number of nitrogens with two attached hydrogens (primary N) is 1. The smallest absolute Gasteiger partial charge is 0.0267 e. The lowest BCUT2D eigenvalue weighted by Gasteiger charge is -2.37. The largest absolute Gasteiger partial charge is 0.271 e. The summed E-state index contributed by atoms with van der Waals surface area (Å²) in [6, 6.07) is 0.592. The molecule has 0 aliphatic heterocycles. The normalized spacial score (nSPS) is 40.4. The van der Waals surface area contributed by atoms with Crippen molar-refractivity contribution in [1.29, 1.82) is 0 Å². The van der Waals surface area contributed by atoms with Crippen LogP contribution in [0.2, 0.25) is 0 Å². The third-order valence-corrected chi connectivity index (χ3v) is 5.34. The van der Waals surface area contributed by atoms with Gasteiger partial charge in [-0.3, -0.25) is 11.3 Å². The van der Waals surface area contributed by atoms with E-state index in [9.17, 15) is 0 Å². The van der Waals surface area contributed by atoms with E-state index >= 15 is 0 Å². The molecule has 2 saturated carbocycles. The molecule has 0 aromatic heterocycles. The summed E-state index contributed by atoms with van der Waals surface area (Å²) >= 11 is 0. The minimum atomic E-state index is 0.592. The quantitative estimate of drug-likeness (QED) is 0.581. The monoisotopic (exact) mass is 238 g/mol. The molecule has 3 N–H and O–H groups in total. The molecule has 2 nitrogen and oxygen atoms in total. The first kappa shape index (κ1) is 13.4. The molecule has 0 amide bonds. The van der Waals surface area contributed by atoms with Gasteiger partial charge in [-0.1, -0.05) is 39.5 Å². The Bertz CT molecular complexity index is 229. The second kappa shape index (κ2) is 6.19. The molecule has 2 aliphatic rings. The van der Waals surface area contributed by atoms with Crippen LogP contribution < -0.4 is 11.3 Å². The molecule has 0 aromatic rings. The highest BCUT2D eigenvalue weighted by molar-refractivity contribution is 4.89. The Morgan fingerprint density at radius 2 is 1.88 bits per heavy atom. The minimum absolute atomic E-state index is 0.592. The molecule has 0 radical (unpaired) electrons. The van der Waals surface area contributed by atoms with E-state index in [-0.39, 0.29) is 0 Å². The second-order valence-corrected chi connectivity index (χ2v) is 6.57. The maximum absolute atomic E-state index is 5.87.